The van der Waals surface area contributed by atoms with Crippen molar-refractivity contribution in [1.82, 2.24) is 9.55 Å². The molecule has 0 aliphatic rings. The van der Waals surface area contributed by atoms with E-state index in [0.29, 0.717) is 29.2 Å². The molecule has 6 nitrogen and oxygen atoms in total. The van der Waals surface area contributed by atoms with Gasteiger partial charge >= 0.3 is 5.97 Å². The molecule has 1 atom stereocenters. The first-order chi connectivity index (χ1) is 16.0. The van der Waals surface area contributed by atoms with Gasteiger partial charge in [-0.3, -0.25) is 0 Å². The normalized spacial score (nSPS) is 12.6. The van der Waals surface area contributed by atoms with E-state index in [2.05, 4.69) is 24.5 Å². The number of esters is 1. The summed E-state index contributed by atoms with van der Waals surface area (Å²) >= 11 is 6.20. The molecule has 0 aliphatic carbocycles. The first-order valence-corrected chi connectivity index (χ1v) is 11.8. The Morgan fingerprint density at radius 1 is 1.21 bits per heavy atom. The monoisotopic (exact) mass is 481 g/mol. The van der Waals surface area contributed by atoms with E-state index in [1.54, 1.807) is 0 Å². The number of aromatic nitrogens is 2. The number of nitriles is 1. The molecule has 3 aromatic rings. The lowest BCUT2D eigenvalue weighted by molar-refractivity contribution is -0.164. The zero-order valence-corrected chi connectivity index (χ0v) is 21.7. The highest BCUT2D eigenvalue weighted by atomic mass is 35.5. The van der Waals surface area contributed by atoms with Crippen LogP contribution in [0.25, 0.3) is 22.2 Å². The molecule has 0 saturated carbocycles. The van der Waals surface area contributed by atoms with Crippen LogP contribution in [0.4, 0.5) is 0 Å². The predicted molar refractivity (Wildman–Crippen MR) is 135 cm³/mol. The molecule has 0 fully saturated rings. The van der Waals surface area contributed by atoms with Gasteiger partial charge in [0, 0.05) is 45.9 Å². The minimum absolute atomic E-state index is 0.475. The lowest BCUT2D eigenvalue weighted by atomic mass is 9.91. The molecule has 180 valence electrons. The fourth-order valence-electron chi connectivity index (χ4n) is 4.31. The third kappa shape index (κ3) is 5.11. The molecule has 2 heterocycles. The summed E-state index contributed by atoms with van der Waals surface area (Å²) in [6.45, 7) is 12.4. The Hall–Kier alpha value is -2.88. The van der Waals surface area contributed by atoms with Gasteiger partial charge < -0.3 is 14.0 Å². The third-order valence-corrected chi connectivity index (χ3v) is 6.19. The Bertz CT molecular complexity index is 1250. The maximum Gasteiger partial charge on any atom is 0.339 e. The van der Waals surface area contributed by atoms with E-state index in [-0.39, 0.29) is 0 Å². The number of benzene rings is 1. The van der Waals surface area contributed by atoms with Gasteiger partial charge in [0.15, 0.2) is 6.10 Å². The van der Waals surface area contributed by atoms with E-state index in [1.807, 2.05) is 52.0 Å². The summed E-state index contributed by atoms with van der Waals surface area (Å²) in [4.78, 5) is 18.0. The zero-order chi connectivity index (χ0) is 25.2. The summed E-state index contributed by atoms with van der Waals surface area (Å²) in [6, 6.07) is 9.80. The molecule has 7 heteroatoms. The summed E-state index contributed by atoms with van der Waals surface area (Å²) in [5.41, 5.74) is 5.58. The summed E-state index contributed by atoms with van der Waals surface area (Å²) in [6.07, 6.45) is 0.259. The number of hydrogen-bond donors (Lipinski definition) is 0. The van der Waals surface area contributed by atoms with Crippen LogP contribution in [0, 0.1) is 32.1 Å². The molecule has 0 radical (unpaired) electrons. The number of halogens is 1. The molecule has 0 unspecified atom stereocenters. The Morgan fingerprint density at radius 2 is 1.85 bits per heavy atom. The van der Waals surface area contributed by atoms with Crippen molar-refractivity contribution in [2.24, 2.45) is 0 Å². The van der Waals surface area contributed by atoms with Crippen LogP contribution in [-0.2, 0) is 20.8 Å². The maximum atomic E-state index is 13.0. The SMILES string of the molecule is COC(=O)[C@@H](OC(C)(C)C)c1c(C)nc2c(c(C)c(C)n2CCCC#N)c1-c1ccc(Cl)cc1. The molecule has 3 rings (SSSR count). The number of unbranched alkanes of at least 4 members (excludes halogenated alkanes) is 1. The van der Waals surface area contributed by atoms with Gasteiger partial charge in [0.1, 0.15) is 5.65 Å². The number of rotatable bonds is 7. The molecular formula is C27H32ClN3O3. The number of aryl methyl sites for hydroxylation is 3. The van der Waals surface area contributed by atoms with Crippen LogP contribution in [0.15, 0.2) is 24.3 Å². The second-order valence-electron chi connectivity index (χ2n) is 9.45. The van der Waals surface area contributed by atoms with Crippen molar-refractivity contribution in [3.05, 3.63) is 51.8 Å². The van der Waals surface area contributed by atoms with Crippen LogP contribution < -0.4 is 0 Å². The van der Waals surface area contributed by atoms with Crippen molar-refractivity contribution in [2.75, 3.05) is 7.11 Å². The number of methoxy groups -OCH3 is 1. The number of fused-ring (bicyclic) bond motifs is 1. The molecule has 0 spiro atoms. The molecule has 0 amide bonds. The van der Waals surface area contributed by atoms with Crippen molar-refractivity contribution in [2.45, 2.75) is 72.6 Å². The molecule has 1 aromatic carbocycles. The van der Waals surface area contributed by atoms with Gasteiger partial charge in [-0.15, -0.1) is 0 Å². The highest BCUT2D eigenvalue weighted by Crippen LogP contribution is 2.42. The van der Waals surface area contributed by atoms with E-state index in [1.165, 1.54) is 7.11 Å². The summed E-state index contributed by atoms with van der Waals surface area (Å²) in [7, 11) is 1.37. The van der Waals surface area contributed by atoms with Crippen molar-refractivity contribution >= 4 is 28.6 Å². The van der Waals surface area contributed by atoms with Gasteiger partial charge in [0.2, 0.25) is 0 Å². The second kappa shape index (κ2) is 10.2. The first kappa shape index (κ1) is 25.7. The number of nitrogens with zero attached hydrogens (tertiary/aromatic N) is 3. The predicted octanol–water partition coefficient (Wildman–Crippen LogP) is 6.61. The van der Waals surface area contributed by atoms with E-state index in [4.69, 9.17) is 31.3 Å². The number of ether oxygens (including phenoxy) is 2. The van der Waals surface area contributed by atoms with E-state index >= 15 is 0 Å². The Kier molecular flexibility index (Phi) is 7.70. The van der Waals surface area contributed by atoms with Crippen molar-refractivity contribution < 1.29 is 14.3 Å². The largest absolute Gasteiger partial charge is 0.467 e. The van der Waals surface area contributed by atoms with Crippen LogP contribution in [0.5, 0.6) is 0 Å². The lowest BCUT2D eigenvalue weighted by Gasteiger charge is -2.28. The molecule has 0 saturated heterocycles. The van der Waals surface area contributed by atoms with Crippen molar-refractivity contribution in [3.63, 3.8) is 0 Å². The number of carbonyl (C=O) groups excluding carboxylic acids is 1. The number of pyridine rings is 1. The highest BCUT2D eigenvalue weighted by Gasteiger charge is 2.34. The van der Waals surface area contributed by atoms with E-state index in [9.17, 15) is 4.79 Å². The van der Waals surface area contributed by atoms with Crippen molar-refractivity contribution in [3.8, 4) is 17.2 Å². The summed E-state index contributed by atoms with van der Waals surface area (Å²) < 4.78 is 13.6. The first-order valence-electron chi connectivity index (χ1n) is 11.4. The Labute approximate surface area is 206 Å². The molecule has 34 heavy (non-hydrogen) atoms. The average Bonchev–Trinajstić information content (AvgIpc) is 3.01. The van der Waals surface area contributed by atoms with Gasteiger partial charge in [-0.05, 0) is 71.2 Å². The van der Waals surface area contributed by atoms with Crippen LogP contribution in [0.2, 0.25) is 5.02 Å². The van der Waals surface area contributed by atoms with Gasteiger partial charge in [-0.2, -0.15) is 5.26 Å². The topological polar surface area (TPSA) is 77.1 Å². The van der Waals surface area contributed by atoms with E-state index in [0.717, 1.165) is 39.8 Å². The third-order valence-electron chi connectivity index (χ3n) is 5.94. The van der Waals surface area contributed by atoms with Gasteiger partial charge in [-0.25, -0.2) is 9.78 Å². The molecule has 0 aliphatic heterocycles. The lowest BCUT2D eigenvalue weighted by Crippen LogP contribution is -2.29. The maximum absolute atomic E-state index is 13.0. The van der Waals surface area contributed by atoms with Crippen LogP contribution in [0.3, 0.4) is 0 Å². The summed E-state index contributed by atoms with van der Waals surface area (Å²) in [5, 5.41) is 10.6. The highest BCUT2D eigenvalue weighted by molar-refractivity contribution is 6.30. The molecule has 0 bridgehead atoms. The second-order valence-corrected chi connectivity index (χ2v) is 9.88. The molecule has 0 N–H and O–H groups in total. The number of carbonyl (C=O) groups is 1. The van der Waals surface area contributed by atoms with Gasteiger partial charge in [0.05, 0.1) is 18.8 Å². The minimum Gasteiger partial charge on any atom is -0.467 e. The van der Waals surface area contributed by atoms with Crippen LogP contribution in [-0.4, -0.2) is 28.2 Å². The van der Waals surface area contributed by atoms with Crippen LogP contribution in [0.1, 0.15) is 62.2 Å². The quantitative estimate of drug-likeness (QED) is 0.280. The smallest absolute Gasteiger partial charge is 0.339 e. The molecular weight excluding hydrogens is 450 g/mol. The standard InChI is InChI=1S/C27H32ClN3O3/c1-16-18(3)31(15-9-8-14-29)25-21(16)23(19-10-12-20(28)13-11-19)22(17(2)30-25)24(26(32)33-7)34-27(4,5)6/h10-13,24H,8-9,15H2,1-7H3/t24-/m0/s1. The van der Waals surface area contributed by atoms with Crippen LogP contribution >= 0.6 is 11.6 Å². The average molecular weight is 482 g/mol. The van der Waals surface area contributed by atoms with Crippen molar-refractivity contribution in [1.29, 1.82) is 5.26 Å². The zero-order valence-electron chi connectivity index (χ0n) is 21.0. The Balaban J connectivity index is 2.43. The molecule has 2 aromatic heterocycles. The van der Waals surface area contributed by atoms with Gasteiger partial charge in [-0.1, -0.05) is 23.7 Å². The minimum atomic E-state index is -0.950. The summed E-state index contributed by atoms with van der Waals surface area (Å²) in [5.74, 6) is -0.475. The fourth-order valence-corrected chi connectivity index (χ4v) is 4.43. The number of hydrogen-bond acceptors (Lipinski definition) is 5. The fraction of sp³-hybridized carbons (Fsp3) is 0.444. The van der Waals surface area contributed by atoms with Gasteiger partial charge in [0.25, 0.3) is 0 Å². The Morgan fingerprint density at radius 3 is 2.41 bits per heavy atom. The van der Waals surface area contributed by atoms with E-state index < -0.39 is 17.7 Å².